The molecule has 0 aromatic carbocycles. The average Bonchev–Trinajstić information content (AvgIpc) is 2.25. The summed E-state index contributed by atoms with van der Waals surface area (Å²) in [4.78, 5) is 0. The second-order valence-electron chi connectivity index (χ2n) is 4.28. The first kappa shape index (κ1) is 12.7. The molecule has 15 heavy (non-hydrogen) atoms. The van der Waals surface area contributed by atoms with Crippen molar-refractivity contribution in [3.63, 3.8) is 0 Å². The molecule has 1 N–H and O–H groups in total. The average molecular weight is 214 g/mol. The molecular weight excluding hydrogens is 192 g/mol. The third-order valence-electron chi connectivity index (χ3n) is 3.32. The summed E-state index contributed by atoms with van der Waals surface area (Å²) in [5.74, 6) is 0.576. The van der Waals surface area contributed by atoms with E-state index in [1.54, 1.807) is 6.08 Å². The van der Waals surface area contributed by atoms with Crippen LogP contribution >= 0.6 is 0 Å². The van der Waals surface area contributed by atoms with Gasteiger partial charge in [-0.15, -0.1) is 6.58 Å². The quantitative estimate of drug-likeness (QED) is 0.727. The van der Waals surface area contributed by atoms with Crippen LogP contribution in [0.15, 0.2) is 12.7 Å². The first-order valence-electron chi connectivity index (χ1n) is 5.67. The molecule has 1 aliphatic rings. The van der Waals surface area contributed by atoms with Crippen LogP contribution in [0.5, 0.6) is 0 Å². The van der Waals surface area contributed by atoms with Gasteiger partial charge in [0, 0.05) is 0 Å². The Balaban J connectivity index is 2.60. The van der Waals surface area contributed by atoms with Crippen molar-refractivity contribution in [1.29, 1.82) is 0 Å². The van der Waals surface area contributed by atoms with Gasteiger partial charge in [0.1, 0.15) is 6.10 Å². The van der Waals surface area contributed by atoms with Crippen LogP contribution in [-0.4, -0.2) is 30.2 Å². The molecule has 1 rings (SSSR count). The Kier molecular flexibility index (Phi) is 4.77. The van der Waals surface area contributed by atoms with Gasteiger partial charge in [-0.05, 0) is 18.3 Å². The minimum absolute atomic E-state index is 0.179. The van der Waals surface area contributed by atoms with E-state index in [-0.39, 0.29) is 12.0 Å². The lowest BCUT2D eigenvalue weighted by Gasteiger charge is -2.42. The van der Waals surface area contributed by atoms with Gasteiger partial charge in [-0.3, -0.25) is 0 Å². The summed E-state index contributed by atoms with van der Waals surface area (Å²) in [7, 11) is 0. The minimum atomic E-state index is -0.539. The van der Waals surface area contributed by atoms with Crippen LogP contribution in [0.25, 0.3) is 0 Å². The highest BCUT2D eigenvalue weighted by atomic mass is 16.7. The highest BCUT2D eigenvalue weighted by Crippen LogP contribution is 2.32. The molecule has 0 aromatic rings. The number of hydrogen-bond donors (Lipinski definition) is 1. The van der Waals surface area contributed by atoms with Crippen LogP contribution in [-0.2, 0) is 9.47 Å². The Morgan fingerprint density at radius 3 is 2.60 bits per heavy atom. The molecule has 0 aliphatic carbocycles. The van der Waals surface area contributed by atoms with Crippen molar-refractivity contribution >= 4 is 0 Å². The van der Waals surface area contributed by atoms with E-state index in [1.807, 2.05) is 6.92 Å². The summed E-state index contributed by atoms with van der Waals surface area (Å²) < 4.78 is 11.1. The zero-order valence-electron chi connectivity index (χ0n) is 9.85. The standard InChI is InChI=1S/C12H22O3/c1-5-7-14-12-11(13)9(4)8(3)10(6-2)15-12/h5,8-13H,1,6-7H2,2-4H3/t8-,9-,10?,11?,12-/m0/s1. The van der Waals surface area contributed by atoms with Gasteiger partial charge in [0.2, 0.25) is 0 Å². The molecule has 1 saturated heterocycles. The van der Waals surface area contributed by atoms with E-state index in [1.165, 1.54) is 0 Å². The summed E-state index contributed by atoms with van der Waals surface area (Å²) in [5, 5.41) is 9.96. The lowest BCUT2D eigenvalue weighted by Crippen LogP contribution is -2.50. The Morgan fingerprint density at radius 1 is 1.40 bits per heavy atom. The third-order valence-corrected chi connectivity index (χ3v) is 3.32. The molecule has 0 amide bonds. The zero-order chi connectivity index (χ0) is 11.4. The highest BCUT2D eigenvalue weighted by Gasteiger charge is 2.40. The Morgan fingerprint density at radius 2 is 2.07 bits per heavy atom. The van der Waals surface area contributed by atoms with Gasteiger partial charge in [0.25, 0.3) is 0 Å². The van der Waals surface area contributed by atoms with Crippen molar-refractivity contribution < 1.29 is 14.6 Å². The minimum Gasteiger partial charge on any atom is -0.388 e. The molecule has 5 atom stereocenters. The van der Waals surface area contributed by atoms with Crippen LogP contribution in [0.1, 0.15) is 27.2 Å². The predicted octanol–water partition coefficient (Wildman–Crippen LogP) is 1.96. The van der Waals surface area contributed by atoms with Gasteiger partial charge in [0.15, 0.2) is 6.29 Å². The zero-order valence-corrected chi connectivity index (χ0v) is 9.85. The fourth-order valence-corrected chi connectivity index (χ4v) is 2.04. The van der Waals surface area contributed by atoms with Crippen LogP contribution in [0, 0.1) is 11.8 Å². The molecule has 1 aliphatic heterocycles. The van der Waals surface area contributed by atoms with Gasteiger partial charge < -0.3 is 14.6 Å². The van der Waals surface area contributed by atoms with Crippen molar-refractivity contribution in [2.45, 2.75) is 45.7 Å². The summed E-state index contributed by atoms with van der Waals surface area (Å²) >= 11 is 0. The second-order valence-corrected chi connectivity index (χ2v) is 4.28. The molecule has 3 heteroatoms. The van der Waals surface area contributed by atoms with Gasteiger partial charge in [-0.2, -0.15) is 0 Å². The molecule has 0 saturated carbocycles. The number of hydrogen-bond acceptors (Lipinski definition) is 3. The van der Waals surface area contributed by atoms with E-state index >= 15 is 0 Å². The largest absolute Gasteiger partial charge is 0.388 e. The van der Waals surface area contributed by atoms with Crippen molar-refractivity contribution in [2.75, 3.05) is 6.61 Å². The fourth-order valence-electron chi connectivity index (χ4n) is 2.04. The lowest BCUT2D eigenvalue weighted by molar-refractivity contribution is -0.266. The van der Waals surface area contributed by atoms with Crippen LogP contribution in [0.3, 0.4) is 0 Å². The van der Waals surface area contributed by atoms with Crippen LogP contribution in [0.2, 0.25) is 0 Å². The van der Waals surface area contributed by atoms with Crippen LogP contribution in [0.4, 0.5) is 0 Å². The first-order chi connectivity index (χ1) is 7.11. The van der Waals surface area contributed by atoms with E-state index in [4.69, 9.17) is 9.47 Å². The van der Waals surface area contributed by atoms with E-state index in [0.29, 0.717) is 12.5 Å². The summed E-state index contributed by atoms with van der Waals surface area (Å²) in [6, 6.07) is 0. The molecule has 0 bridgehead atoms. The lowest BCUT2D eigenvalue weighted by atomic mass is 9.83. The van der Waals surface area contributed by atoms with E-state index in [0.717, 1.165) is 6.42 Å². The number of ether oxygens (including phenoxy) is 2. The molecule has 0 radical (unpaired) electrons. The Labute approximate surface area is 92.1 Å². The maximum atomic E-state index is 9.96. The highest BCUT2D eigenvalue weighted by molar-refractivity contribution is 4.84. The summed E-state index contributed by atoms with van der Waals surface area (Å²) in [6.45, 7) is 10.3. The molecule has 1 heterocycles. The normalized spacial score (nSPS) is 41.5. The summed E-state index contributed by atoms with van der Waals surface area (Å²) in [6.07, 6.45) is 1.76. The number of aliphatic hydroxyl groups excluding tert-OH is 1. The second kappa shape index (κ2) is 5.64. The van der Waals surface area contributed by atoms with Crippen molar-refractivity contribution in [2.24, 2.45) is 11.8 Å². The molecule has 0 aromatic heterocycles. The maximum Gasteiger partial charge on any atom is 0.184 e. The maximum absolute atomic E-state index is 9.96. The van der Waals surface area contributed by atoms with Gasteiger partial charge in [-0.1, -0.05) is 26.8 Å². The van der Waals surface area contributed by atoms with E-state index in [2.05, 4.69) is 20.4 Å². The Bertz CT molecular complexity index is 203. The van der Waals surface area contributed by atoms with Crippen molar-refractivity contribution in [3.8, 4) is 0 Å². The number of rotatable bonds is 4. The molecule has 2 unspecified atom stereocenters. The monoisotopic (exact) mass is 214 g/mol. The third kappa shape index (κ3) is 2.80. The summed E-state index contributed by atoms with van der Waals surface area (Å²) in [5.41, 5.74) is 0. The first-order valence-corrected chi connectivity index (χ1v) is 5.67. The van der Waals surface area contributed by atoms with Gasteiger partial charge >= 0.3 is 0 Å². The predicted molar refractivity (Wildman–Crippen MR) is 59.4 cm³/mol. The van der Waals surface area contributed by atoms with Crippen molar-refractivity contribution in [1.82, 2.24) is 0 Å². The smallest absolute Gasteiger partial charge is 0.184 e. The van der Waals surface area contributed by atoms with Gasteiger partial charge in [-0.25, -0.2) is 0 Å². The SMILES string of the molecule is C=CCO[C@H]1OC(CC)[C@@H](C)[C@H](C)C1O. The molecule has 3 nitrogen and oxygen atoms in total. The molecule has 88 valence electrons. The van der Waals surface area contributed by atoms with Crippen LogP contribution < -0.4 is 0 Å². The van der Waals surface area contributed by atoms with Crippen molar-refractivity contribution in [3.05, 3.63) is 12.7 Å². The topological polar surface area (TPSA) is 38.7 Å². The van der Waals surface area contributed by atoms with E-state index < -0.39 is 12.4 Å². The fraction of sp³-hybridized carbons (Fsp3) is 0.833. The Hall–Kier alpha value is -0.380. The number of aliphatic hydroxyl groups is 1. The molecule has 0 spiro atoms. The molecular formula is C12H22O3. The van der Waals surface area contributed by atoms with Gasteiger partial charge in [0.05, 0.1) is 12.7 Å². The van der Waals surface area contributed by atoms with E-state index in [9.17, 15) is 5.11 Å². The molecule has 1 fully saturated rings.